The third kappa shape index (κ3) is 1.43. The molecule has 1 aromatic rings. The first kappa shape index (κ1) is 7.61. The molecule has 0 atom stereocenters. The maximum Gasteiger partial charge on any atom is 0.0659 e. The van der Waals surface area contributed by atoms with E-state index in [1.807, 2.05) is 24.1 Å². The van der Waals surface area contributed by atoms with E-state index in [2.05, 4.69) is 10.1 Å². The molecule has 1 aliphatic heterocycles. The van der Waals surface area contributed by atoms with E-state index in [4.69, 9.17) is 4.74 Å². The highest BCUT2D eigenvalue weighted by atomic mass is 16.5. The standard InChI is InChI=1S/C8H13N3O/c1-8-6-9-11(7-8)10-2-4-12-5-3-10/h6-7H,2-5H2,1H3. The fraction of sp³-hybridized carbons (Fsp3) is 0.625. The Balaban J connectivity index is 2.08. The molecular formula is C8H13N3O. The van der Waals surface area contributed by atoms with Crippen LogP contribution in [0.15, 0.2) is 12.4 Å². The van der Waals surface area contributed by atoms with E-state index in [1.54, 1.807) is 0 Å². The number of hydrogen-bond donors (Lipinski definition) is 0. The molecule has 66 valence electrons. The maximum atomic E-state index is 5.25. The van der Waals surface area contributed by atoms with Crippen LogP contribution in [-0.4, -0.2) is 36.2 Å². The highest BCUT2D eigenvalue weighted by Gasteiger charge is 2.10. The Morgan fingerprint density at radius 1 is 1.42 bits per heavy atom. The molecule has 1 aromatic heterocycles. The molecular weight excluding hydrogens is 154 g/mol. The molecule has 4 nitrogen and oxygen atoms in total. The van der Waals surface area contributed by atoms with Crippen LogP contribution >= 0.6 is 0 Å². The van der Waals surface area contributed by atoms with Gasteiger partial charge in [0.1, 0.15) is 0 Å². The van der Waals surface area contributed by atoms with Crippen molar-refractivity contribution >= 4 is 0 Å². The van der Waals surface area contributed by atoms with Crippen molar-refractivity contribution in [2.75, 3.05) is 31.3 Å². The molecule has 4 heteroatoms. The van der Waals surface area contributed by atoms with E-state index in [9.17, 15) is 0 Å². The predicted octanol–water partition coefficient (Wildman–Crippen LogP) is 0.160. The van der Waals surface area contributed by atoms with Crippen molar-refractivity contribution in [2.24, 2.45) is 0 Å². The number of ether oxygens (including phenoxy) is 1. The van der Waals surface area contributed by atoms with E-state index >= 15 is 0 Å². The second kappa shape index (κ2) is 3.15. The molecule has 0 aromatic carbocycles. The lowest BCUT2D eigenvalue weighted by Gasteiger charge is -2.28. The lowest BCUT2D eigenvalue weighted by molar-refractivity contribution is 0.109. The summed E-state index contributed by atoms with van der Waals surface area (Å²) in [6.07, 6.45) is 3.90. The molecule has 0 amide bonds. The largest absolute Gasteiger partial charge is 0.378 e. The number of rotatable bonds is 1. The minimum absolute atomic E-state index is 0.804. The number of aryl methyl sites for hydroxylation is 1. The van der Waals surface area contributed by atoms with Crippen LogP contribution in [-0.2, 0) is 4.74 Å². The van der Waals surface area contributed by atoms with Crippen molar-refractivity contribution in [3.8, 4) is 0 Å². The Kier molecular flexibility index (Phi) is 1.99. The van der Waals surface area contributed by atoms with Gasteiger partial charge >= 0.3 is 0 Å². The smallest absolute Gasteiger partial charge is 0.0659 e. The lowest BCUT2D eigenvalue weighted by atomic mass is 10.4. The summed E-state index contributed by atoms with van der Waals surface area (Å²) in [5, 5.41) is 6.40. The number of hydrogen-bond acceptors (Lipinski definition) is 3. The van der Waals surface area contributed by atoms with Crippen LogP contribution in [0.3, 0.4) is 0 Å². The fourth-order valence-electron chi connectivity index (χ4n) is 1.31. The van der Waals surface area contributed by atoms with Gasteiger partial charge in [0.05, 0.1) is 38.7 Å². The quantitative estimate of drug-likeness (QED) is 0.597. The summed E-state index contributed by atoms with van der Waals surface area (Å²) in [5.74, 6) is 0. The van der Waals surface area contributed by atoms with Crippen molar-refractivity contribution in [1.29, 1.82) is 0 Å². The summed E-state index contributed by atoms with van der Waals surface area (Å²) in [6, 6.07) is 0. The normalized spacial score (nSPS) is 18.2. The van der Waals surface area contributed by atoms with Crippen LogP contribution in [0.1, 0.15) is 5.56 Å². The molecule has 0 saturated carbocycles. The molecule has 0 radical (unpaired) electrons. The highest BCUT2D eigenvalue weighted by molar-refractivity contribution is 5.02. The topological polar surface area (TPSA) is 30.3 Å². The first-order valence-electron chi connectivity index (χ1n) is 4.20. The minimum atomic E-state index is 0.804. The van der Waals surface area contributed by atoms with Gasteiger partial charge in [-0.15, -0.1) is 0 Å². The van der Waals surface area contributed by atoms with E-state index in [-0.39, 0.29) is 0 Å². The van der Waals surface area contributed by atoms with E-state index in [0.29, 0.717) is 0 Å². The van der Waals surface area contributed by atoms with Gasteiger partial charge in [-0.1, -0.05) is 0 Å². The predicted molar refractivity (Wildman–Crippen MR) is 45.7 cm³/mol. The highest BCUT2D eigenvalue weighted by Crippen LogP contribution is 1.99. The summed E-state index contributed by atoms with van der Waals surface area (Å²) < 4.78 is 5.25. The molecule has 0 N–H and O–H groups in total. The number of aromatic nitrogens is 2. The van der Waals surface area contributed by atoms with Crippen molar-refractivity contribution in [1.82, 2.24) is 9.89 Å². The first-order valence-corrected chi connectivity index (χ1v) is 4.20. The van der Waals surface area contributed by atoms with Gasteiger partial charge in [-0.25, -0.2) is 0 Å². The van der Waals surface area contributed by atoms with Crippen LogP contribution in [0, 0.1) is 6.92 Å². The fourth-order valence-corrected chi connectivity index (χ4v) is 1.31. The van der Waals surface area contributed by atoms with Crippen LogP contribution in [0.5, 0.6) is 0 Å². The lowest BCUT2D eigenvalue weighted by Crippen LogP contribution is -2.44. The Morgan fingerprint density at radius 3 is 2.75 bits per heavy atom. The van der Waals surface area contributed by atoms with Crippen molar-refractivity contribution in [2.45, 2.75) is 6.92 Å². The Hall–Kier alpha value is -1.03. The van der Waals surface area contributed by atoms with Gasteiger partial charge in [0.25, 0.3) is 0 Å². The van der Waals surface area contributed by atoms with E-state index in [1.165, 1.54) is 5.56 Å². The molecule has 2 heterocycles. The summed E-state index contributed by atoms with van der Waals surface area (Å²) >= 11 is 0. The summed E-state index contributed by atoms with van der Waals surface area (Å²) in [7, 11) is 0. The zero-order chi connectivity index (χ0) is 8.39. The molecule has 0 bridgehead atoms. The Morgan fingerprint density at radius 2 is 2.17 bits per heavy atom. The molecule has 1 aliphatic rings. The van der Waals surface area contributed by atoms with Crippen molar-refractivity contribution in [3.05, 3.63) is 18.0 Å². The van der Waals surface area contributed by atoms with Crippen LogP contribution in [0.2, 0.25) is 0 Å². The van der Waals surface area contributed by atoms with Gasteiger partial charge < -0.3 is 4.74 Å². The van der Waals surface area contributed by atoms with Crippen LogP contribution in [0.4, 0.5) is 0 Å². The maximum absolute atomic E-state index is 5.25. The second-order valence-corrected chi connectivity index (χ2v) is 3.00. The number of nitrogens with zero attached hydrogens (tertiary/aromatic N) is 3. The molecule has 0 unspecified atom stereocenters. The SMILES string of the molecule is Cc1cnn(N2CCOCC2)c1. The second-order valence-electron chi connectivity index (χ2n) is 3.00. The summed E-state index contributed by atoms with van der Waals surface area (Å²) in [6.45, 7) is 5.52. The van der Waals surface area contributed by atoms with E-state index in [0.717, 1.165) is 26.3 Å². The zero-order valence-corrected chi connectivity index (χ0v) is 7.23. The van der Waals surface area contributed by atoms with Crippen molar-refractivity contribution < 1.29 is 4.74 Å². The van der Waals surface area contributed by atoms with Crippen molar-refractivity contribution in [3.63, 3.8) is 0 Å². The Labute approximate surface area is 71.7 Å². The average molecular weight is 167 g/mol. The molecule has 1 saturated heterocycles. The van der Waals surface area contributed by atoms with Crippen LogP contribution in [0.25, 0.3) is 0 Å². The van der Waals surface area contributed by atoms with Gasteiger partial charge in [0, 0.05) is 0 Å². The summed E-state index contributed by atoms with van der Waals surface area (Å²) in [4.78, 5) is 1.90. The van der Waals surface area contributed by atoms with Crippen LogP contribution < -0.4 is 5.01 Å². The van der Waals surface area contributed by atoms with E-state index < -0.39 is 0 Å². The van der Waals surface area contributed by atoms with Gasteiger partial charge in [-0.2, -0.15) is 9.89 Å². The van der Waals surface area contributed by atoms with Gasteiger partial charge in [0.2, 0.25) is 0 Å². The third-order valence-electron chi connectivity index (χ3n) is 1.98. The molecule has 1 fully saturated rings. The average Bonchev–Trinajstić information content (AvgIpc) is 2.54. The molecule has 2 rings (SSSR count). The van der Waals surface area contributed by atoms with Gasteiger partial charge in [0.15, 0.2) is 0 Å². The Bertz CT molecular complexity index is 253. The number of morpholine rings is 1. The molecule has 0 spiro atoms. The first-order chi connectivity index (χ1) is 5.86. The monoisotopic (exact) mass is 167 g/mol. The summed E-state index contributed by atoms with van der Waals surface area (Å²) in [5.41, 5.74) is 1.20. The minimum Gasteiger partial charge on any atom is -0.378 e. The van der Waals surface area contributed by atoms with Gasteiger partial charge in [-0.3, -0.25) is 5.01 Å². The third-order valence-corrected chi connectivity index (χ3v) is 1.98. The molecule has 0 aliphatic carbocycles. The van der Waals surface area contributed by atoms with Gasteiger partial charge in [-0.05, 0) is 12.5 Å². The zero-order valence-electron chi connectivity index (χ0n) is 7.23. The molecule has 12 heavy (non-hydrogen) atoms.